The van der Waals surface area contributed by atoms with Crippen LogP contribution in [0, 0.1) is 0 Å². The molecule has 7 rings (SSSR count). The Morgan fingerprint density at radius 2 is 1.35 bits per heavy atom. The number of sulfonamides is 1. The van der Waals surface area contributed by atoms with E-state index in [-0.39, 0.29) is 10.9 Å². The molecule has 0 unspecified atom stereocenters. The van der Waals surface area contributed by atoms with Crippen LogP contribution >= 0.6 is 11.8 Å². The van der Waals surface area contributed by atoms with Crippen LogP contribution in [0.25, 0.3) is 22.3 Å². The van der Waals surface area contributed by atoms with Crippen LogP contribution in [0.4, 0.5) is 11.4 Å². The van der Waals surface area contributed by atoms with Gasteiger partial charge in [-0.15, -0.1) is 11.8 Å². The minimum Gasteiger partial charge on any atom is -0.381 e. The smallest absolute Gasteiger partial charge is 0.264 e. The molecule has 1 atom stereocenters. The molecule has 6 aromatic rings. The molecule has 2 N–H and O–H groups in total. The van der Waals surface area contributed by atoms with E-state index in [4.69, 9.17) is 0 Å². The van der Waals surface area contributed by atoms with Gasteiger partial charge in [-0.05, 0) is 121 Å². The molecule has 8 nitrogen and oxygen atoms in total. The lowest BCUT2D eigenvalue weighted by Crippen LogP contribution is -2.46. The number of carbonyl (C=O) groups is 1. The predicted molar refractivity (Wildman–Crippen MR) is 249 cm³/mol. The molecule has 1 aliphatic rings. The number of amides is 1. The Bertz CT molecular complexity index is 2420. The zero-order valence-electron chi connectivity index (χ0n) is 34.8. The van der Waals surface area contributed by atoms with Gasteiger partial charge < -0.3 is 15.1 Å². The van der Waals surface area contributed by atoms with Crippen molar-refractivity contribution in [3.05, 3.63) is 168 Å². The SMILES string of the molecule is CCc1cc(S(=O)(=O)NC(=O)c2ccc(N3CCN(Cc4ccccc4-c4ccc(-c5ccccc5)cc4)CC3)cc2)ccc1N[C@H](CCN(C)C)CSc1ccccc1. The molecule has 1 saturated heterocycles. The molecular weight excluding hydrogens is 783 g/mol. The minimum atomic E-state index is -4.10. The number of carbonyl (C=O) groups excluding carboxylic acids is 1. The number of thioether (sulfide) groups is 1. The Balaban J connectivity index is 0.931. The highest BCUT2D eigenvalue weighted by Crippen LogP contribution is 2.30. The average Bonchev–Trinajstić information content (AvgIpc) is 3.28. The Hall–Kier alpha value is -5.39. The summed E-state index contributed by atoms with van der Waals surface area (Å²) in [7, 11) is 0.0312. The first-order chi connectivity index (χ1) is 29.1. The Morgan fingerprint density at radius 1 is 0.717 bits per heavy atom. The third kappa shape index (κ3) is 11.2. The van der Waals surface area contributed by atoms with Crippen LogP contribution in [0.3, 0.4) is 0 Å². The molecule has 0 spiro atoms. The standard InChI is InChI=1S/C50H55N5O3S2/c1-4-38-35-47(27-28-49(38)51-44(29-30-53(2)3)37-59-46-16-9-6-10-17-46)60(57,58)52-50(56)42-23-25-45(26-24-42)55-33-31-54(32-34-55)36-43-15-11-12-18-48(43)41-21-19-40(20-22-41)39-13-7-5-8-14-39/h5-28,35,44,51H,4,29-34,36-37H2,1-3H3,(H,52,56)/t44-/m1/s1. The van der Waals surface area contributed by atoms with E-state index in [0.29, 0.717) is 12.0 Å². The molecule has 6 aromatic carbocycles. The summed E-state index contributed by atoms with van der Waals surface area (Å²) in [5.74, 6) is 0.217. The fraction of sp³-hybridized carbons (Fsp3) is 0.260. The number of nitrogens with one attached hydrogen (secondary N) is 2. The Labute approximate surface area is 360 Å². The van der Waals surface area contributed by atoms with E-state index < -0.39 is 15.9 Å². The summed E-state index contributed by atoms with van der Waals surface area (Å²) in [6.45, 7) is 7.30. The highest BCUT2D eigenvalue weighted by atomic mass is 32.2. The molecule has 0 aromatic heterocycles. The van der Waals surface area contributed by atoms with Crippen molar-refractivity contribution in [3.63, 3.8) is 0 Å². The molecule has 1 heterocycles. The number of nitrogens with zero attached hydrogens (tertiary/aromatic N) is 3. The third-order valence-corrected chi connectivity index (χ3v) is 13.6. The molecule has 1 aliphatic heterocycles. The fourth-order valence-electron chi connectivity index (χ4n) is 7.60. The number of aryl methyl sites for hydroxylation is 1. The summed E-state index contributed by atoms with van der Waals surface area (Å²) in [5, 5.41) is 3.69. The van der Waals surface area contributed by atoms with Crippen molar-refractivity contribution in [2.24, 2.45) is 0 Å². The topological polar surface area (TPSA) is 85.0 Å². The van der Waals surface area contributed by atoms with Crippen LogP contribution in [-0.4, -0.2) is 82.7 Å². The molecule has 0 bridgehead atoms. The monoisotopic (exact) mass is 837 g/mol. The summed E-state index contributed by atoms with van der Waals surface area (Å²) in [4.78, 5) is 21.6. The van der Waals surface area contributed by atoms with Crippen LogP contribution in [0.5, 0.6) is 0 Å². The lowest BCUT2D eigenvalue weighted by atomic mass is 9.96. The average molecular weight is 838 g/mol. The van der Waals surface area contributed by atoms with Crippen LogP contribution in [0.1, 0.15) is 34.8 Å². The molecule has 60 heavy (non-hydrogen) atoms. The van der Waals surface area contributed by atoms with Crippen molar-refractivity contribution >= 4 is 39.1 Å². The van der Waals surface area contributed by atoms with E-state index in [2.05, 4.69) is 124 Å². The van der Waals surface area contributed by atoms with Crippen molar-refractivity contribution in [2.45, 2.75) is 42.1 Å². The number of hydrogen-bond donors (Lipinski definition) is 2. The summed E-state index contributed by atoms with van der Waals surface area (Å²) < 4.78 is 29.4. The largest absolute Gasteiger partial charge is 0.381 e. The summed E-state index contributed by atoms with van der Waals surface area (Å²) in [6, 6.07) is 50.8. The molecule has 0 radical (unpaired) electrons. The summed E-state index contributed by atoms with van der Waals surface area (Å²) in [6.07, 6.45) is 1.57. The van der Waals surface area contributed by atoms with Gasteiger partial charge in [0, 0.05) is 66.4 Å². The third-order valence-electron chi connectivity index (χ3n) is 11.1. The number of benzene rings is 6. The molecular formula is C50H55N5O3S2. The van der Waals surface area contributed by atoms with Crippen molar-refractivity contribution in [2.75, 3.05) is 62.8 Å². The second-order valence-corrected chi connectivity index (χ2v) is 18.4. The zero-order chi connectivity index (χ0) is 41.9. The van der Waals surface area contributed by atoms with Gasteiger partial charge in [0.05, 0.1) is 4.90 Å². The molecule has 1 fully saturated rings. The van der Waals surface area contributed by atoms with E-state index in [1.807, 2.05) is 49.4 Å². The molecule has 10 heteroatoms. The summed E-state index contributed by atoms with van der Waals surface area (Å²) >= 11 is 1.80. The van der Waals surface area contributed by atoms with E-state index in [9.17, 15) is 13.2 Å². The second-order valence-electron chi connectivity index (χ2n) is 15.6. The van der Waals surface area contributed by atoms with Gasteiger partial charge in [-0.1, -0.05) is 104 Å². The van der Waals surface area contributed by atoms with Crippen LogP contribution in [0.15, 0.2) is 161 Å². The van der Waals surface area contributed by atoms with Crippen molar-refractivity contribution in [1.29, 1.82) is 0 Å². The molecule has 0 aliphatic carbocycles. The number of hydrogen-bond acceptors (Lipinski definition) is 8. The first kappa shape index (κ1) is 42.7. The van der Waals surface area contributed by atoms with Crippen molar-refractivity contribution < 1.29 is 13.2 Å². The van der Waals surface area contributed by atoms with Crippen molar-refractivity contribution in [1.82, 2.24) is 14.5 Å². The van der Waals surface area contributed by atoms with Gasteiger partial charge in [0.15, 0.2) is 0 Å². The first-order valence-electron chi connectivity index (χ1n) is 20.8. The number of rotatable bonds is 17. The van der Waals surface area contributed by atoms with E-state index in [1.54, 1.807) is 36.0 Å². The van der Waals surface area contributed by atoms with Gasteiger partial charge in [-0.2, -0.15) is 0 Å². The van der Waals surface area contributed by atoms with Crippen LogP contribution in [-0.2, 0) is 23.0 Å². The summed E-state index contributed by atoms with van der Waals surface area (Å²) in [5.41, 5.74) is 9.29. The zero-order valence-corrected chi connectivity index (χ0v) is 36.4. The van der Waals surface area contributed by atoms with E-state index in [0.717, 1.165) is 68.4 Å². The van der Waals surface area contributed by atoms with Gasteiger partial charge >= 0.3 is 0 Å². The van der Waals surface area contributed by atoms with E-state index in [1.165, 1.54) is 32.7 Å². The van der Waals surface area contributed by atoms with Crippen molar-refractivity contribution in [3.8, 4) is 22.3 Å². The first-order valence-corrected chi connectivity index (χ1v) is 23.2. The highest BCUT2D eigenvalue weighted by Gasteiger charge is 2.23. The van der Waals surface area contributed by atoms with Gasteiger partial charge in [0.2, 0.25) is 0 Å². The lowest BCUT2D eigenvalue weighted by Gasteiger charge is -2.36. The quantitative estimate of drug-likeness (QED) is 0.0880. The fourth-order valence-corrected chi connectivity index (χ4v) is 9.61. The molecule has 0 saturated carbocycles. The second kappa shape index (κ2) is 20.2. The van der Waals surface area contributed by atoms with Crippen LogP contribution < -0.4 is 14.9 Å². The van der Waals surface area contributed by atoms with Gasteiger partial charge in [0.1, 0.15) is 0 Å². The minimum absolute atomic E-state index is 0.0693. The molecule has 310 valence electrons. The Morgan fingerprint density at radius 3 is 2.03 bits per heavy atom. The van der Waals surface area contributed by atoms with Gasteiger partial charge in [-0.3, -0.25) is 9.69 Å². The van der Waals surface area contributed by atoms with E-state index >= 15 is 0 Å². The van der Waals surface area contributed by atoms with Gasteiger partial charge in [0.25, 0.3) is 15.9 Å². The Kier molecular flexibility index (Phi) is 14.4. The number of anilines is 2. The maximum atomic E-state index is 13.5. The molecule has 1 amide bonds. The maximum Gasteiger partial charge on any atom is 0.264 e. The van der Waals surface area contributed by atoms with Crippen LogP contribution in [0.2, 0.25) is 0 Å². The maximum absolute atomic E-state index is 13.5. The van der Waals surface area contributed by atoms with Gasteiger partial charge in [-0.25, -0.2) is 13.1 Å². The normalized spacial score (nSPS) is 13.9. The lowest BCUT2D eigenvalue weighted by molar-refractivity contribution is 0.0981. The highest BCUT2D eigenvalue weighted by molar-refractivity contribution is 7.99. The number of piperazine rings is 1. The predicted octanol–water partition coefficient (Wildman–Crippen LogP) is 9.55.